The first-order chi connectivity index (χ1) is 17.4. The van der Waals surface area contributed by atoms with Crippen molar-refractivity contribution in [2.24, 2.45) is 23.7 Å². The normalized spacial score (nSPS) is 14.6. The van der Waals surface area contributed by atoms with Crippen LogP contribution in [0.5, 0.6) is 0 Å². The molecule has 0 spiro atoms. The second-order valence-corrected chi connectivity index (χ2v) is 12.1. The molecule has 0 aliphatic heterocycles. The molecule has 0 aliphatic carbocycles. The molecular weight excluding hydrogens is 484 g/mol. The van der Waals surface area contributed by atoms with Gasteiger partial charge in [0.05, 0.1) is 6.04 Å². The predicted octanol–water partition coefficient (Wildman–Crippen LogP) is 3.28. The largest absolute Gasteiger partial charge is 0.345 e. The van der Waals surface area contributed by atoms with Gasteiger partial charge >= 0.3 is 0 Å². The minimum Gasteiger partial charge on any atom is -0.345 e. The quantitative estimate of drug-likeness (QED) is 0.212. The maximum absolute atomic E-state index is 13.4. The van der Waals surface area contributed by atoms with Crippen LogP contribution in [0.1, 0.15) is 94.9 Å². The zero-order valence-electron chi connectivity index (χ0n) is 25.2. The van der Waals surface area contributed by atoms with Crippen molar-refractivity contribution in [3.05, 3.63) is 12.2 Å². The Balaban J connectivity index is 5.85. The number of Topliss-reactive ketones (excluding diaryl/α,β-unsaturated/α-hetero) is 1. The average molecular weight is 537 g/mol. The fourth-order valence-electron chi connectivity index (χ4n) is 4.17. The molecule has 0 aromatic rings. The monoisotopic (exact) mass is 536 g/mol. The SMILES string of the molecule is C=C(C)C(=O)[C@H](CC(C)C)NC(=O)[C@H](CC(C)C)NC(=O)[C@H](CC(C)C)NC(=O)[C@H](CC(C)C)NC(C)=O. The number of hydrogen-bond acceptors (Lipinski definition) is 5. The minimum absolute atomic E-state index is 0.0800. The van der Waals surface area contributed by atoms with Gasteiger partial charge in [0.2, 0.25) is 23.6 Å². The first kappa shape index (κ1) is 35.3. The molecule has 0 aromatic carbocycles. The van der Waals surface area contributed by atoms with Crippen molar-refractivity contribution < 1.29 is 24.0 Å². The van der Waals surface area contributed by atoms with E-state index in [1.54, 1.807) is 6.92 Å². The van der Waals surface area contributed by atoms with Crippen LogP contribution in [0.4, 0.5) is 0 Å². The highest BCUT2D eigenvalue weighted by molar-refractivity contribution is 6.01. The van der Waals surface area contributed by atoms with E-state index in [-0.39, 0.29) is 35.4 Å². The van der Waals surface area contributed by atoms with E-state index in [2.05, 4.69) is 27.8 Å². The van der Waals surface area contributed by atoms with Gasteiger partial charge in [-0.2, -0.15) is 0 Å². The Morgan fingerprint density at radius 1 is 0.500 bits per heavy atom. The third-order valence-electron chi connectivity index (χ3n) is 5.84. The molecule has 4 amide bonds. The molecular formula is C29H52N4O5. The van der Waals surface area contributed by atoms with Crippen molar-refractivity contribution in [1.82, 2.24) is 21.3 Å². The van der Waals surface area contributed by atoms with Crippen LogP contribution in [0, 0.1) is 23.7 Å². The molecule has 0 saturated carbocycles. The smallest absolute Gasteiger partial charge is 0.243 e. The third kappa shape index (κ3) is 14.3. The van der Waals surface area contributed by atoms with Crippen LogP contribution in [-0.2, 0) is 24.0 Å². The van der Waals surface area contributed by atoms with Crippen molar-refractivity contribution in [1.29, 1.82) is 0 Å². The number of amides is 4. The molecule has 9 nitrogen and oxygen atoms in total. The Bertz CT molecular complexity index is 835. The Morgan fingerprint density at radius 2 is 0.763 bits per heavy atom. The minimum atomic E-state index is -0.892. The zero-order valence-corrected chi connectivity index (χ0v) is 25.2. The lowest BCUT2D eigenvalue weighted by molar-refractivity contribution is -0.134. The number of rotatable bonds is 17. The summed E-state index contributed by atoms with van der Waals surface area (Å²) in [6, 6.07) is -3.28. The van der Waals surface area contributed by atoms with Crippen LogP contribution in [-0.4, -0.2) is 53.6 Å². The van der Waals surface area contributed by atoms with Crippen LogP contribution in [0.15, 0.2) is 12.2 Å². The third-order valence-corrected chi connectivity index (χ3v) is 5.84. The topological polar surface area (TPSA) is 133 Å². The zero-order chi connectivity index (χ0) is 29.7. The molecule has 0 heterocycles. The number of nitrogens with one attached hydrogen (secondary N) is 4. The predicted molar refractivity (Wildman–Crippen MR) is 151 cm³/mol. The van der Waals surface area contributed by atoms with Gasteiger partial charge in [-0.05, 0) is 61.9 Å². The first-order valence-electron chi connectivity index (χ1n) is 13.8. The maximum Gasteiger partial charge on any atom is 0.243 e. The van der Waals surface area contributed by atoms with Gasteiger partial charge in [-0.25, -0.2) is 0 Å². The van der Waals surface area contributed by atoms with Gasteiger partial charge in [0.1, 0.15) is 18.1 Å². The molecule has 0 radical (unpaired) electrons. The van der Waals surface area contributed by atoms with Crippen molar-refractivity contribution in [2.45, 2.75) is 119 Å². The van der Waals surface area contributed by atoms with Gasteiger partial charge in [-0.15, -0.1) is 0 Å². The molecule has 0 aliphatic rings. The van der Waals surface area contributed by atoms with E-state index in [1.165, 1.54) is 6.92 Å². The van der Waals surface area contributed by atoms with E-state index in [4.69, 9.17) is 0 Å². The van der Waals surface area contributed by atoms with Crippen molar-refractivity contribution in [3.63, 3.8) is 0 Å². The van der Waals surface area contributed by atoms with E-state index in [9.17, 15) is 24.0 Å². The summed E-state index contributed by atoms with van der Waals surface area (Å²) in [5.74, 6) is -1.46. The standard InChI is InChI=1S/C29H52N4O5/c1-16(2)12-22(26(35)20(9)10)31-28(37)24(14-18(5)6)33-29(38)25(15-19(7)8)32-27(36)23(13-17(3)4)30-21(11)34/h16-19,22-25H,9,12-15H2,1-8,10-11H3,(H,30,34)(H,31,37)(H,32,36)(H,33,38)/t22-,23-,24-,25-/m0/s1. The lowest BCUT2D eigenvalue weighted by Crippen LogP contribution is -2.58. The van der Waals surface area contributed by atoms with Crippen molar-refractivity contribution >= 4 is 29.4 Å². The van der Waals surface area contributed by atoms with E-state index in [0.717, 1.165) is 0 Å². The van der Waals surface area contributed by atoms with Crippen LogP contribution >= 0.6 is 0 Å². The number of carbonyl (C=O) groups excluding carboxylic acids is 5. The molecule has 0 bridgehead atoms. The van der Waals surface area contributed by atoms with Gasteiger partial charge in [-0.1, -0.05) is 62.0 Å². The van der Waals surface area contributed by atoms with E-state index in [0.29, 0.717) is 31.3 Å². The average Bonchev–Trinajstić information content (AvgIpc) is 2.74. The highest BCUT2D eigenvalue weighted by Gasteiger charge is 2.32. The van der Waals surface area contributed by atoms with E-state index < -0.39 is 41.9 Å². The summed E-state index contributed by atoms with van der Waals surface area (Å²) in [4.78, 5) is 64.1. The summed E-state index contributed by atoms with van der Waals surface area (Å²) in [5.41, 5.74) is 0.357. The highest BCUT2D eigenvalue weighted by atomic mass is 16.2. The van der Waals surface area contributed by atoms with Crippen LogP contribution in [0.3, 0.4) is 0 Å². The fourth-order valence-corrected chi connectivity index (χ4v) is 4.17. The molecule has 0 rings (SSSR count). The molecule has 4 N–H and O–H groups in total. The summed E-state index contributed by atoms with van der Waals surface area (Å²) in [6.45, 7) is 22.2. The molecule has 38 heavy (non-hydrogen) atoms. The van der Waals surface area contributed by atoms with Gasteiger partial charge < -0.3 is 21.3 Å². The van der Waals surface area contributed by atoms with Gasteiger partial charge in [0.15, 0.2) is 5.78 Å². The van der Waals surface area contributed by atoms with Crippen LogP contribution in [0.2, 0.25) is 0 Å². The molecule has 0 unspecified atom stereocenters. The Morgan fingerprint density at radius 3 is 1.03 bits per heavy atom. The van der Waals surface area contributed by atoms with Crippen molar-refractivity contribution in [3.8, 4) is 0 Å². The molecule has 0 fully saturated rings. The summed E-state index contributed by atoms with van der Waals surface area (Å²) >= 11 is 0. The number of carbonyl (C=O) groups is 5. The van der Waals surface area contributed by atoms with Gasteiger partial charge in [0, 0.05) is 6.92 Å². The Hall–Kier alpha value is -2.71. The first-order valence-corrected chi connectivity index (χ1v) is 13.8. The van der Waals surface area contributed by atoms with Crippen LogP contribution in [0.25, 0.3) is 0 Å². The molecule has 0 saturated heterocycles. The summed E-state index contributed by atoms with van der Waals surface area (Å²) in [5, 5.41) is 11.1. The molecule has 4 atom stereocenters. The summed E-state index contributed by atoms with van der Waals surface area (Å²) in [6.07, 6.45) is 1.59. The summed E-state index contributed by atoms with van der Waals surface area (Å²) in [7, 11) is 0. The Kier molecular flexibility index (Phi) is 15.8. The van der Waals surface area contributed by atoms with Gasteiger partial charge in [-0.3, -0.25) is 24.0 Å². The fraction of sp³-hybridized carbons (Fsp3) is 0.759. The van der Waals surface area contributed by atoms with Gasteiger partial charge in [0.25, 0.3) is 0 Å². The van der Waals surface area contributed by atoms with Crippen molar-refractivity contribution in [2.75, 3.05) is 0 Å². The number of ketones is 1. The van der Waals surface area contributed by atoms with E-state index in [1.807, 2.05) is 55.4 Å². The number of hydrogen-bond donors (Lipinski definition) is 4. The molecule has 0 aromatic heterocycles. The lowest BCUT2D eigenvalue weighted by Gasteiger charge is -2.28. The Labute approximate surface area is 229 Å². The summed E-state index contributed by atoms with van der Waals surface area (Å²) < 4.78 is 0. The van der Waals surface area contributed by atoms with Crippen LogP contribution < -0.4 is 21.3 Å². The molecule has 218 valence electrons. The second-order valence-electron chi connectivity index (χ2n) is 12.1. The second kappa shape index (κ2) is 17.0. The highest BCUT2D eigenvalue weighted by Crippen LogP contribution is 2.13. The van der Waals surface area contributed by atoms with E-state index >= 15 is 0 Å². The lowest BCUT2D eigenvalue weighted by atomic mass is 9.95. The molecule has 9 heteroatoms. The maximum atomic E-state index is 13.4.